The molecule has 1 aromatic heterocycles. The Morgan fingerprint density at radius 3 is 2.64 bits per heavy atom. The van der Waals surface area contributed by atoms with Gasteiger partial charge in [0.2, 0.25) is 0 Å². The molecule has 0 aliphatic heterocycles. The standard InChI is InChI=1S/C19H14ClN3O5/c1-27-17-8-6-14(23(25)26)10-16(17)18-9-7-15(28-18)11-21-22-19(24)12-2-4-13(20)5-3-12/h2-11H,1H3,(H,22,24)/b21-11-. The van der Waals surface area contributed by atoms with E-state index >= 15 is 0 Å². The molecular weight excluding hydrogens is 386 g/mol. The molecule has 0 saturated carbocycles. The van der Waals surface area contributed by atoms with Crippen LogP contribution in [0.4, 0.5) is 5.69 Å². The number of nitrogens with one attached hydrogen (secondary N) is 1. The van der Waals surface area contributed by atoms with E-state index in [0.29, 0.717) is 33.4 Å². The number of carbonyl (C=O) groups is 1. The van der Waals surface area contributed by atoms with Gasteiger partial charge in [0.15, 0.2) is 0 Å². The minimum absolute atomic E-state index is 0.0855. The molecular formula is C19H14ClN3O5. The van der Waals surface area contributed by atoms with Gasteiger partial charge in [0.05, 0.1) is 23.8 Å². The van der Waals surface area contributed by atoms with E-state index in [0.717, 1.165) is 0 Å². The molecule has 28 heavy (non-hydrogen) atoms. The molecule has 0 atom stereocenters. The summed E-state index contributed by atoms with van der Waals surface area (Å²) in [5, 5.41) is 15.4. The lowest BCUT2D eigenvalue weighted by molar-refractivity contribution is -0.384. The lowest BCUT2D eigenvalue weighted by Crippen LogP contribution is -2.17. The fourth-order valence-electron chi connectivity index (χ4n) is 2.39. The van der Waals surface area contributed by atoms with Gasteiger partial charge in [-0.1, -0.05) is 11.6 Å². The quantitative estimate of drug-likeness (QED) is 0.378. The zero-order chi connectivity index (χ0) is 20.1. The number of halogens is 1. The molecule has 0 aliphatic rings. The third-order valence-corrected chi connectivity index (χ3v) is 4.00. The van der Waals surface area contributed by atoms with Gasteiger partial charge in [-0.15, -0.1) is 0 Å². The van der Waals surface area contributed by atoms with Crippen molar-refractivity contribution in [3.05, 3.63) is 81.1 Å². The van der Waals surface area contributed by atoms with Crippen LogP contribution in [0.2, 0.25) is 5.02 Å². The predicted molar refractivity (Wildman–Crippen MR) is 104 cm³/mol. The van der Waals surface area contributed by atoms with Crippen LogP contribution < -0.4 is 10.2 Å². The Hall–Kier alpha value is -3.65. The molecule has 1 amide bonds. The number of non-ortho nitro benzene ring substituents is 1. The molecule has 0 unspecified atom stereocenters. The minimum atomic E-state index is -0.499. The first kappa shape index (κ1) is 19.1. The fourth-order valence-corrected chi connectivity index (χ4v) is 2.52. The summed E-state index contributed by atoms with van der Waals surface area (Å²) < 4.78 is 10.9. The average Bonchev–Trinajstić information content (AvgIpc) is 3.16. The van der Waals surface area contributed by atoms with Crippen LogP contribution in [0, 0.1) is 10.1 Å². The molecule has 9 heteroatoms. The SMILES string of the molecule is COc1ccc([N+](=O)[O-])cc1-c1ccc(/C=N\NC(=O)c2ccc(Cl)cc2)o1. The Labute approximate surface area is 164 Å². The van der Waals surface area contributed by atoms with Gasteiger partial charge in [-0.25, -0.2) is 5.43 Å². The molecule has 1 heterocycles. The zero-order valence-corrected chi connectivity index (χ0v) is 15.3. The average molecular weight is 400 g/mol. The second-order valence-electron chi connectivity index (χ2n) is 5.55. The molecule has 3 rings (SSSR count). The lowest BCUT2D eigenvalue weighted by Gasteiger charge is -2.05. The summed E-state index contributed by atoms with van der Waals surface area (Å²) in [6.07, 6.45) is 1.32. The third kappa shape index (κ3) is 4.36. The highest BCUT2D eigenvalue weighted by molar-refractivity contribution is 6.30. The molecule has 0 saturated heterocycles. The Morgan fingerprint density at radius 1 is 1.21 bits per heavy atom. The highest BCUT2D eigenvalue weighted by atomic mass is 35.5. The van der Waals surface area contributed by atoms with Crippen LogP contribution in [-0.4, -0.2) is 24.2 Å². The van der Waals surface area contributed by atoms with E-state index in [1.54, 1.807) is 36.4 Å². The van der Waals surface area contributed by atoms with Crippen molar-refractivity contribution >= 4 is 29.4 Å². The maximum absolute atomic E-state index is 12.0. The number of nitro groups is 1. The normalized spacial score (nSPS) is 10.8. The van der Waals surface area contributed by atoms with Gasteiger partial charge >= 0.3 is 0 Å². The number of carbonyl (C=O) groups excluding carboxylic acids is 1. The van der Waals surface area contributed by atoms with Crippen LogP contribution in [-0.2, 0) is 0 Å². The fraction of sp³-hybridized carbons (Fsp3) is 0.0526. The largest absolute Gasteiger partial charge is 0.496 e. The van der Waals surface area contributed by atoms with Gasteiger partial charge in [-0.3, -0.25) is 14.9 Å². The number of nitro benzene ring substituents is 1. The Balaban J connectivity index is 1.74. The number of hydrazone groups is 1. The van der Waals surface area contributed by atoms with Crippen molar-refractivity contribution in [2.45, 2.75) is 0 Å². The molecule has 0 bridgehead atoms. The van der Waals surface area contributed by atoms with Crippen LogP contribution in [0.15, 0.2) is 64.1 Å². The van der Waals surface area contributed by atoms with Gasteiger partial charge in [0.1, 0.15) is 17.3 Å². The predicted octanol–water partition coefficient (Wildman–Crippen LogP) is 4.28. The number of hydrogen-bond donors (Lipinski definition) is 1. The van der Waals surface area contributed by atoms with Gasteiger partial charge in [-0.05, 0) is 42.5 Å². The van der Waals surface area contributed by atoms with Crippen molar-refractivity contribution in [1.29, 1.82) is 0 Å². The van der Waals surface area contributed by atoms with Crippen molar-refractivity contribution in [2.24, 2.45) is 5.10 Å². The lowest BCUT2D eigenvalue weighted by atomic mass is 10.1. The molecule has 2 aromatic carbocycles. The summed E-state index contributed by atoms with van der Waals surface area (Å²) in [6, 6.07) is 13.8. The van der Waals surface area contributed by atoms with E-state index in [4.69, 9.17) is 20.8 Å². The first-order valence-electron chi connectivity index (χ1n) is 7.99. The van der Waals surface area contributed by atoms with Crippen LogP contribution in [0.25, 0.3) is 11.3 Å². The van der Waals surface area contributed by atoms with Gasteiger partial charge < -0.3 is 9.15 Å². The summed E-state index contributed by atoms with van der Waals surface area (Å²) in [6.45, 7) is 0. The Bertz CT molecular complexity index is 1040. The van der Waals surface area contributed by atoms with Gasteiger partial charge in [0, 0.05) is 22.7 Å². The number of ether oxygens (including phenoxy) is 1. The highest BCUT2D eigenvalue weighted by Gasteiger charge is 2.15. The number of benzene rings is 2. The summed E-state index contributed by atoms with van der Waals surface area (Å²) in [4.78, 5) is 22.5. The Kier molecular flexibility index (Phi) is 5.71. The summed E-state index contributed by atoms with van der Waals surface area (Å²) in [7, 11) is 1.46. The molecule has 0 radical (unpaired) electrons. The first-order chi connectivity index (χ1) is 13.5. The van der Waals surface area contributed by atoms with E-state index in [9.17, 15) is 14.9 Å². The van der Waals surface area contributed by atoms with Crippen LogP contribution in [0.1, 0.15) is 16.1 Å². The maximum Gasteiger partial charge on any atom is 0.271 e. The van der Waals surface area contributed by atoms with Gasteiger partial charge in [0.25, 0.3) is 11.6 Å². The minimum Gasteiger partial charge on any atom is -0.496 e. The first-order valence-corrected chi connectivity index (χ1v) is 8.37. The topological polar surface area (TPSA) is 107 Å². The molecule has 0 fully saturated rings. The van der Waals surface area contributed by atoms with Gasteiger partial charge in [-0.2, -0.15) is 5.10 Å². The number of amides is 1. The number of hydrogen-bond acceptors (Lipinski definition) is 6. The van der Waals surface area contributed by atoms with Crippen molar-refractivity contribution in [1.82, 2.24) is 5.43 Å². The zero-order valence-electron chi connectivity index (χ0n) is 14.6. The summed E-state index contributed by atoms with van der Waals surface area (Å²) in [5.41, 5.74) is 3.13. The van der Waals surface area contributed by atoms with E-state index in [1.807, 2.05) is 0 Å². The van der Waals surface area contributed by atoms with Crippen molar-refractivity contribution < 1.29 is 18.9 Å². The molecule has 3 aromatic rings. The second-order valence-corrected chi connectivity index (χ2v) is 5.99. The number of rotatable bonds is 6. The van der Waals surface area contributed by atoms with Crippen molar-refractivity contribution in [3.63, 3.8) is 0 Å². The van der Waals surface area contributed by atoms with Crippen LogP contribution >= 0.6 is 11.6 Å². The second kappa shape index (κ2) is 8.36. The molecule has 0 spiro atoms. The van der Waals surface area contributed by atoms with E-state index in [2.05, 4.69) is 10.5 Å². The highest BCUT2D eigenvalue weighted by Crippen LogP contribution is 2.34. The molecule has 8 nitrogen and oxygen atoms in total. The van der Waals surface area contributed by atoms with Crippen molar-refractivity contribution in [3.8, 4) is 17.1 Å². The number of methoxy groups -OCH3 is 1. The number of nitrogens with zero attached hydrogens (tertiary/aromatic N) is 2. The van der Waals surface area contributed by atoms with Crippen molar-refractivity contribution in [2.75, 3.05) is 7.11 Å². The third-order valence-electron chi connectivity index (χ3n) is 3.75. The summed E-state index contributed by atoms with van der Waals surface area (Å²) >= 11 is 5.78. The Morgan fingerprint density at radius 2 is 1.96 bits per heavy atom. The van der Waals surface area contributed by atoms with E-state index in [1.165, 1.54) is 31.5 Å². The monoisotopic (exact) mass is 399 g/mol. The smallest absolute Gasteiger partial charge is 0.271 e. The summed E-state index contributed by atoms with van der Waals surface area (Å²) in [5.74, 6) is 0.741. The van der Waals surface area contributed by atoms with E-state index in [-0.39, 0.29) is 5.69 Å². The maximum atomic E-state index is 12.0. The molecule has 142 valence electrons. The van der Waals surface area contributed by atoms with E-state index < -0.39 is 10.8 Å². The van der Waals surface area contributed by atoms with Crippen LogP contribution in [0.5, 0.6) is 5.75 Å². The molecule has 1 N–H and O–H groups in total. The number of furan rings is 1. The van der Waals surface area contributed by atoms with Crippen LogP contribution in [0.3, 0.4) is 0 Å². The molecule has 0 aliphatic carbocycles.